The van der Waals surface area contributed by atoms with E-state index in [1.165, 1.54) is 6.26 Å². The van der Waals surface area contributed by atoms with Crippen LogP contribution in [0.2, 0.25) is 0 Å². The molecule has 0 saturated carbocycles. The zero-order valence-electron chi connectivity index (χ0n) is 8.64. The number of carbonyl (C=O) groups is 1. The average molecular weight is 210 g/mol. The maximum atomic E-state index is 10.5. The van der Waals surface area contributed by atoms with Crippen LogP contribution in [-0.4, -0.2) is 34.6 Å². The van der Waals surface area contributed by atoms with E-state index in [9.17, 15) is 4.79 Å². The predicted octanol–water partition coefficient (Wildman–Crippen LogP) is 1.07. The number of oxazole rings is 1. The molecular formula is C10H14N2O3. The second-order valence-electron chi connectivity index (χ2n) is 3.89. The third kappa shape index (κ3) is 2.18. The van der Waals surface area contributed by atoms with Crippen LogP contribution in [0.25, 0.3) is 0 Å². The first-order chi connectivity index (χ1) is 7.16. The maximum Gasteiger partial charge on any atom is 0.309 e. The number of nitrogens with zero attached hydrogens (tertiary/aromatic N) is 2. The zero-order chi connectivity index (χ0) is 10.8. The summed E-state index contributed by atoms with van der Waals surface area (Å²) in [6.07, 6.45) is 3.54. The fraction of sp³-hybridized carbons (Fsp3) is 0.600. The van der Waals surface area contributed by atoms with Gasteiger partial charge in [-0.25, -0.2) is 4.98 Å². The Morgan fingerprint density at radius 2 is 2.60 bits per heavy atom. The summed E-state index contributed by atoms with van der Waals surface area (Å²) in [5, 5.41) is 8.60. The molecule has 0 aromatic carbocycles. The monoisotopic (exact) mass is 210 g/mol. The van der Waals surface area contributed by atoms with Gasteiger partial charge in [-0.2, -0.15) is 0 Å². The van der Waals surface area contributed by atoms with Gasteiger partial charge in [0.2, 0.25) is 5.89 Å². The van der Waals surface area contributed by atoms with Crippen LogP contribution in [0.4, 0.5) is 0 Å². The van der Waals surface area contributed by atoms with Crippen LogP contribution in [0.1, 0.15) is 30.5 Å². The van der Waals surface area contributed by atoms with Crippen LogP contribution in [0.3, 0.4) is 0 Å². The van der Waals surface area contributed by atoms with Gasteiger partial charge in [0, 0.05) is 0 Å². The molecule has 0 spiro atoms. The number of carboxylic acids is 1. The molecule has 5 nitrogen and oxygen atoms in total. The van der Waals surface area contributed by atoms with Gasteiger partial charge in [-0.3, -0.25) is 9.69 Å². The minimum atomic E-state index is -0.880. The van der Waals surface area contributed by atoms with E-state index in [-0.39, 0.29) is 12.5 Å². The predicted molar refractivity (Wildman–Crippen MR) is 52.4 cm³/mol. The van der Waals surface area contributed by atoms with Crippen molar-refractivity contribution in [2.45, 2.75) is 25.3 Å². The van der Waals surface area contributed by atoms with Gasteiger partial charge < -0.3 is 9.52 Å². The Bertz CT molecular complexity index is 361. The Hall–Kier alpha value is -1.36. The van der Waals surface area contributed by atoms with Crippen molar-refractivity contribution in [3.8, 4) is 0 Å². The highest BCUT2D eigenvalue weighted by Crippen LogP contribution is 2.29. The standard InChI is InChI=1S/C10H14N2O3/c1-12-4-2-3-8(12)10-11-7(6-15-10)5-9(13)14/h6,8H,2-5H2,1H3,(H,13,14). The lowest BCUT2D eigenvalue weighted by molar-refractivity contribution is -0.136. The van der Waals surface area contributed by atoms with Crippen LogP contribution in [-0.2, 0) is 11.2 Å². The third-order valence-electron chi connectivity index (χ3n) is 2.71. The highest BCUT2D eigenvalue weighted by Gasteiger charge is 2.26. The Kier molecular flexibility index (Phi) is 2.73. The maximum absolute atomic E-state index is 10.5. The molecule has 1 aromatic heterocycles. The molecule has 15 heavy (non-hydrogen) atoms. The number of carboxylic acid groups (broad SMARTS) is 1. The number of hydrogen-bond acceptors (Lipinski definition) is 4. The van der Waals surface area contributed by atoms with Crippen molar-refractivity contribution < 1.29 is 14.3 Å². The summed E-state index contributed by atoms with van der Waals surface area (Å²) in [6.45, 7) is 1.04. The van der Waals surface area contributed by atoms with Crippen molar-refractivity contribution in [1.29, 1.82) is 0 Å². The Balaban J connectivity index is 2.09. The molecular weight excluding hydrogens is 196 g/mol. The average Bonchev–Trinajstić information content (AvgIpc) is 2.72. The molecule has 1 fully saturated rings. The third-order valence-corrected chi connectivity index (χ3v) is 2.71. The van der Waals surface area contributed by atoms with E-state index in [1.807, 2.05) is 7.05 Å². The molecule has 0 radical (unpaired) electrons. The van der Waals surface area contributed by atoms with E-state index in [4.69, 9.17) is 9.52 Å². The van der Waals surface area contributed by atoms with Gasteiger partial charge in [-0.15, -0.1) is 0 Å². The largest absolute Gasteiger partial charge is 0.481 e. The summed E-state index contributed by atoms with van der Waals surface area (Å²) >= 11 is 0. The first-order valence-electron chi connectivity index (χ1n) is 5.03. The summed E-state index contributed by atoms with van der Waals surface area (Å²) in [7, 11) is 2.03. The van der Waals surface area contributed by atoms with E-state index < -0.39 is 5.97 Å². The Morgan fingerprint density at radius 1 is 1.80 bits per heavy atom. The summed E-state index contributed by atoms with van der Waals surface area (Å²) in [5.74, 6) is -0.235. The molecule has 82 valence electrons. The minimum Gasteiger partial charge on any atom is -0.481 e. The first kappa shape index (κ1) is 10.2. The lowest BCUT2D eigenvalue weighted by Gasteiger charge is -2.14. The van der Waals surface area contributed by atoms with Crippen molar-refractivity contribution in [2.24, 2.45) is 0 Å². The second kappa shape index (κ2) is 4.02. The van der Waals surface area contributed by atoms with Crippen molar-refractivity contribution in [2.75, 3.05) is 13.6 Å². The van der Waals surface area contributed by atoms with Crippen LogP contribution in [0.5, 0.6) is 0 Å². The smallest absolute Gasteiger partial charge is 0.309 e. The molecule has 0 bridgehead atoms. The van der Waals surface area contributed by atoms with Crippen LogP contribution >= 0.6 is 0 Å². The van der Waals surface area contributed by atoms with E-state index in [0.717, 1.165) is 19.4 Å². The van der Waals surface area contributed by atoms with Gasteiger partial charge in [0.25, 0.3) is 0 Å². The van der Waals surface area contributed by atoms with E-state index in [2.05, 4.69) is 9.88 Å². The summed E-state index contributed by atoms with van der Waals surface area (Å²) in [6, 6.07) is 0.215. The van der Waals surface area contributed by atoms with Crippen molar-refractivity contribution >= 4 is 5.97 Å². The molecule has 1 N–H and O–H groups in total. The van der Waals surface area contributed by atoms with E-state index in [0.29, 0.717) is 11.6 Å². The molecule has 1 atom stereocenters. The molecule has 1 aromatic rings. The molecule has 0 aliphatic carbocycles. The van der Waals surface area contributed by atoms with Crippen molar-refractivity contribution in [3.05, 3.63) is 17.8 Å². The number of likely N-dealkylation sites (tertiary alicyclic amines) is 1. The molecule has 2 heterocycles. The lowest BCUT2D eigenvalue weighted by Crippen LogP contribution is -2.17. The molecule has 1 saturated heterocycles. The van der Waals surface area contributed by atoms with Crippen LogP contribution in [0, 0.1) is 0 Å². The first-order valence-corrected chi connectivity index (χ1v) is 5.03. The minimum absolute atomic E-state index is 0.0695. The highest BCUT2D eigenvalue weighted by molar-refractivity contribution is 5.69. The quantitative estimate of drug-likeness (QED) is 0.808. The van der Waals surface area contributed by atoms with Crippen molar-refractivity contribution in [1.82, 2.24) is 9.88 Å². The Morgan fingerprint density at radius 3 is 3.20 bits per heavy atom. The topological polar surface area (TPSA) is 66.6 Å². The molecule has 1 aliphatic heterocycles. The molecule has 5 heteroatoms. The zero-order valence-corrected chi connectivity index (χ0v) is 8.64. The number of hydrogen-bond donors (Lipinski definition) is 1. The fourth-order valence-electron chi connectivity index (χ4n) is 1.93. The van der Waals surface area contributed by atoms with Gasteiger partial charge in [-0.1, -0.05) is 0 Å². The normalized spacial score (nSPS) is 22.1. The van der Waals surface area contributed by atoms with E-state index >= 15 is 0 Å². The van der Waals surface area contributed by atoms with Gasteiger partial charge in [-0.05, 0) is 26.4 Å². The number of rotatable bonds is 3. The summed E-state index contributed by atoms with van der Waals surface area (Å²) in [5.41, 5.74) is 0.498. The SMILES string of the molecule is CN1CCCC1c1nc(CC(=O)O)co1. The summed E-state index contributed by atoms with van der Waals surface area (Å²) < 4.78 is 5.30. The van der Waals surface area contributed by atoms with Gasteiger partial charge in [0.05, 0.1) is 18.2 Å². The van der Waals surface area contributed by atoms with Crippen LogP contribution in [0.15, 0.2) is 10.7 Å². The van der Waals surface area contributed by atoms with Gasteiger partial charge in [0.1, 0.15) is 6.26 Å². The fourth-order valence-corrected chi connectivity index (χ4v) is 1.93. The lowest BCUT2D eigenvalue weighted by atomic mass is 10.2. The molecule has 2 rings (SSSR count). The number of aromatic nitrogens is 1. The number of aliphatic carboxylic acids is 1. The van der Waals surface area contributed by atoms with Gasteiger partial charge >= 0.3 is 5.97 Å². The van der Waals surface area contributed by atoms with Crippen molar-refractivity contribution in [3.63, 3.8) is 0 Å². The van der Waals surface area contributed by atoms with Crippen LogP contribution < -0.4 is 0 Å². The highest BCUT2D eigenvalue weighted by atomic mass is 16.4. The molecule has 1 unspecified atom stereocenters. The second-order valence-corrected chi connectivity index (χ2v) is 3.89. The van der Waals surface area contributed by atoms with Gasteiger partial charge in [0.15, 0.2) is 0 Å². The molecule has 1 aliphatic rings. The van der Waals surface area contributed by atoms with E-state index in [1.54, 1.807) is 0 Å². The Labute approximate surface area is 87.7 Å². The summed E-state index contributed by atoms with van der Waals surface area (Å²) in [4.78, 5) is 16.8. The molecule has 0 amide bonds.